The van der Waals surface area contributed by atoms with Crippen molar-refractivity contribution >= 4 is 46.6 Å². The molecule has 1 unspecified atom stereocenters. The minimum Gasteiger partial charge on any atom is -0.160 e. The standard InChI is InChI=1S/C4H3ClF3O3S3/c5-1-2(12-9)3(13-10,14-11)4(6,7)8/h2H,1H2/q+3. The molecule has 80 valence electrons. The van der Waals surface area contributed by atoms with Crippen LogP contribution in [0.4, 0.5) is 13.2 Å². The maximum Gasteiger partial charge on any atom is 0.651 e. The quantitative estimate of drug-likeness (QED) is 0.433. The fourth-order valence-electron chi connectivity index (χ4n) is 0.589. The van der Waals surface area contributed by atoms with Crippen LogP contribution < -0.4 is 0 Å². The van der Waals surface area contributed by atoms with Crippen LogP contribution in [0, 0.1) is 0 Å². The fraction of sp³-hybridized carbons (Fsp3) is 1.00. The Bertz CT molecular complexity index is 238. The van der Waals surface area contributed by atoms with E-state index in [9.17, 15) is 25.8 Å². The highest BCUT2D eigenvalue weighted by Gasteiger charge is 2.90. The average molecular weight is 288 g/mol. The first-order chi connectivity index (χ1) is 6.39. The summed E-state index contributed by atoms with van der Waals surface area (Å²) in [4.78, 5) is 0. The first kappa shape index (κ1) is 14.1. The molecule has 0 bridgehead atoms. The van der Waals surface area contributed by atoms with Gasteiger partial charge in [0.2, 0.25) is 0 Å². The fourth-order valence-corrected chi connectivity index (χ4v) is 2.62. The molecule has 0 aromatic carbocycles. The van der Waals surface area contributed by atoms with Gasteiger partial charge in [0, 0.05) is 12.6 Å². The van der Waals surface area contributed by atoms with Gasteiger partial charge in [0.25, 0.3) is 0 Å². The predicted molar refractivity (Wildman–Crippen MR) is 47.4 cm³/mol. The minimum absolute atomic E-state index is 0.491. The summed E-state index contributed by atoms with van der Waals surface area (Å²) >= 11 is 2.70. The monoisotopic (exact) mass is 287 g/mol. The molecule has 10 heteroatoms. The highest BCUT2D eigenvalue weighted by atomic mass is 35.5. The molecule has 0 fully saturated rings. The van der Waals surface area contributed by atoms with E-state index in [0.29, 0.717) is 0 Å². The van der Waals surface area contributed by atoms with Gasteiger partial charge in [0.15, 0.2) is 0 Å². The van der Waals surface area contributed by atoms with Crippen LogP contribution in [0.5, 0.6) is 0 Å². The molecule has 0 amide bonds. The third-order valence-corrected chi connectivity index (χ3v) is 4.80. The van der Waals surface area contributed by atoms with Gasteiger partial charge in [0.05, 0.1) is 5.88 Å². The number of alkyl halides is 4. The number of hydrogen-bond donors (Lipinski definition) is 0. The molecular formula is C4H3ClF3O3S3+3. The van der Waals surface area contributed by atoms with Crippen molar-refractivity contribution in [3.05, 3.63) is 0 Å². The van der Waals surface area contributed by atoms with E-state index in [-0.39, 0.29) is 0 Å². The van der Waals surface area contributed by atoms with Gasteiger partial charge in [-0.1, -0.05) is 0 Å². The number of hydrogen-bond acceptors (Lipinski definition) is 3. The lowest BCUT2D eigenvalue weighted by Crippen LogP contribution is -2.53. The summed E-state index contributed by atoms with van der Waals surface area (Å²) in [7, 11) is 0. The summed E-state index contributed by atoms with van der Waals surface area (Å²) in [6.45, 7) is 0. The molecule has 0 radical (unpaired) electrons. The zero-order valence-corrected chi connectivity index (χ0v) is 9.45. The first-order valence-electron chi connectivity index (χ1n) is 2.93. The van der Waals surface area contributed by atoms with Crippen LogP contribution in [-0.4, -0.2) is 21.4 Å². The Kier molecular flexibility index (Phi) is 5.34. The largest absolute Gasteiger partial charge is 0.651 e. The van der Waals surface area contributed by atoms with Crippen LogP contribution in [-0.2, 0) is 47.6 Å². The molecule has 0 saturated heterocycles. The number of rotatable bonds is 5. The summed E-state index contributed by atoms with van der Waals surface area (Å²) in [6, 6.07) is 0. The molecule has 3 nitrogen and oxygen atoms in total. The van der Waals surface area contributed by atoms with E-state index >= 15 is 0 Å². The van der Waals surface area contributed by atoms with Crippen LogP contribution in [0.1, 0.15) is 0 Å². The molecule has 0 saturated carbocycles. The van der Waals surface area contributed by atoms with Crippen LogP contribution in [0.25, 0.3) is 0 Å². The zero-order valence-electron chi connectivity index (χ0n) is 6.25. The van der Waals surface area contributed by atoms with Crippen molar-refractivity contribution < 1.29 is 25.8 Å². The van der Waals surface area contributed by atoms with Gasteiger partial charge in [-0.3, -0.25) is 0 Å². The normalized spacial score (nSPS) is 14.6. The van der Waals surface area contributed by atoms with E-state index in [2.05, 4.69) is 0 Å². The van der Waals surface area contributed by atoms with Crippen LogP contribution >= 0.6 is 11.6 Å². The van der Waals surface area contributed by atoms with Crippen molar-refractivity contribution in [2.75, 3.05) is 5.88 Å². The van der Waals surface area contributed by atoms with Gasteiger partial charge >= 0.3 is 50.5 Å². The lowest BCUT2D eigenvalue weighted by Gasteiger charge is -2.02. The van der Waals surface area contributed by atoms with E-state index in [1.165, 1.54) is 0 Å². The van der Waals surface area contributed by atoms with E-state index in [1.54, 1.807) is 0 Å². The van der Waals surface area contributed by atoms with Crippen LogP contribution in [0.2, 0.25) is 0 Å². The molecule has 0 spiro atoms. The van der Waals surface area contributed by atoms with Gasteiger partial charge in [-0.05, 0) is 0 Å². The van der Waals surface area contributed by atoms with Crippen molar-refractivity contribution in [3.8, 4) is 0 Å². The summed E-state index contributed by atoms with van der Waals surface area (Å²) in [5.41, 5.74) is 0. The van der Waals surface area contributed by atoms with E-state index < -0.39 is 56.4 Å². The maximum atomic E-state index is 12.3. The minimum atomic E-state index is -5.07. The SMILES string of the molecule is O=[S+]C(CCl)C([S+]=O)([S+]=O)C(F)(F)F. The molecule has 0 aliphatic heterocycles. The average Bonchev–Trinajstić information content (AvgIpc) is 2.12. The maximum absolute atomic E-state index is 12.3. The molecule has 0 aliphatic rings. The van der Waals surface area contributed by atoms with Crippen molar-refractivity contribution in [1.82, 2.24) is 0 Å². The van der Waals surface area contributed by atoms with Crippen LogP contribution in [0.3, 0.4) is 0 Å². The lowest BCUT2D eigenvalue weighted by atomic mass is 10.3. The van der Waals surface area contributed by atoms with Gasteiger partial charge in [-0.25, -0.2) is 0 Å². The smallest absolute Gasteiger partial charge is 0.160 e. The first-order valence-corrected chi connectivity index (χ1v) is 5.75. The Labute approximate surface area is 93.9 Å². The third kappa shape index (κ3) is 2.38. The molecule has 0 N–H and O–H groups in total. The summed E-state index contributed by atoms with van der Waals surface area (Å²) in [6.07, 6.45) is -5.07. The summed E-state index contributed by atoms with van der Waals surface area (Å²) < 4.78 is 64.8. The Hall–Kier alpha value is 0.140. The van der Waals surface area contributed by atoms with Gasteiger partial charge in [0.1, 0.15) is 0 Å². The Morgan fingerprint density at radius 1 is 1.14 bits per heavy atom. The molecule has 0 heterocycles. The van der Waals surface area contributed by atoms with Gasteiger partial charge < -0.3 is 0 Å². The second-order valence-electron chi connectivity index (χ2n) is 2.07. The Morgan fingerprint density at radius 3 is 1.64 bits per heavy atom. The van der Waals surface area contributed by atoms with Crippen LogP contribution in [0.15, 0.2) is 0 Å². The van der Waals surface area contributed by atoms with Crippen molar-refractivity contribution in [1.29, 1.82) is 0 Å². The molecule has 0 aromatic heterocycles. The highest BCUT2D eigenvalue weighted by molar-refractivity contribution is 7.88. The van der Waals surface area contributed by atoms with Gasteiger partial charge in [-0.2, -0.15) is 13.2 Å². The topological polar surface area (TPSA) is 51.2 Å². The second-order valence-corrected chi connectivity index (χ2v) is 5.02. The highest BCUT2D eigenvalue weighted by Crippen LogP contribution is 2.36. The van der Waals surface area contributed by atoms with Gasteiger partial charge in [-0.15, -0.1) is 11.6 Å². The molecule has 1 atom stereocenters. The molecule has 14 heavy (non-hydrogen) atoms. The molecule has 0 aliphatic carbocycles. The molecular weight excluding hydrogens is 285 g/mol. The molecule has 0 rings (SSSR count). The third-order valence-electron chi connectivity index (χ3n) is 1.32. The van der Waals surface area contributed by atoms with E-state index in [4.69, 9.17) is 11.6 Å². The van der Waals surface area contributed by atoms with E-state index in [0.717, 1.165) is 0 Å². The lowest BCUT2D eigenvalue weighted by molar-refractivity contribution is -0.137. The molecule has 0 aromatic rings. The number of halogens is 4. The summed E-state index contributed by atoms with van der Waals surface area (Å²) in [5.74, 6) is -0.710. The predicted octanol–water partition coefficient (Wildman–Crippen LogP) is 1.14. The van der Waals surface area contributed by atoms with E-state index in [1.807, 2.05) is 0 Å². The Balaban J connectivity index is 5.37. The van der Waals surface area contributed by atoms with Crippen molar-refractivity contribution in [2.45, 2.75) is 15.5 Å². The van der Waals surface area contributed by atoms with Crippen molar-refractivity contribution in [3.63, 3.8) is 0 Å². The Morgan fingerprint density at radius 2 is 1.57 bits per heavy atom. The zero-order chi connectivity index (χ0) is 11.4. The summed E-state index contributed by atoms with van der Waals surface area (Å²) in [5, 5.41) is -1.81. The van der Waals surface area contributed by atoms with Crippen molar-refractivity contribution in [2.24, 2.45) is 0 Å². The second kappa shape index (κ2) is 5.29.